The summed E-state index contributed by atoms with van der Waals surface area (Å²) in [6, 6.07) is 6.10. The molecular formula is C17H16F3N3O4. The van der Waals surface area contributed by atoms with Gasteiger partial charge in [-0.15, -0.1) is 0 Å². The molecule has 2 aromatic rings. The lowest BCUT2D eigenvalue weighted by Crippen LogP contribution is -2.13. The van der Waals surface area contributed by atoms with Gasteiger partial charge in [0.15, 0.2) is 5.69 Å². The highest BCUT2D eigenvalue weighted by Crippen LogP contribution is 2.41. The summed E-state index contributed by atoms with van der Waals surface area (Å²) in [6.45, 7) is 5.25. The number of alkyl halides is 3. The minimum absolute atomic E-state index is 0.0534. The highest BCUT2D eigenvalue weighted by molar-refractivity contribution is 5.80. The van der Waals surface area contributed by atoms with Crippen LogP contribution in [0.1, 0.15) is 31.9 Å². The zero-order chi connectivity index (χ0) is 20.6. The number of rotatable bonds is 4. The van der Waals surface area contributed by atoms with Gasteiger partial charge in [0, 0.05) is 17.8 Å². The lowest BCUT2D eigenvalue weighted by atomic mass is 9.86. The van der Waals surface area contributed by atoms with Crippen LogP contribution in [0, 0.1) is 20.2 Å². The number of hydrogen-bond acceptors (Lipinski definition) is 5. The number of nitrogens with one attached hydrogen (secondary N) is 1. The zero-order valence-corrected chi connectivity index (χ0v) is 14.6. The van der Waals surface area contributed by atoms with Crippen LogP contribution in [0.5, 0.6) is 0 Å². The molecule has 144 valence electrons. The van der Waals surface area contributed by atoms with Crippen molar-refractivity contribution in [3.05, 3.63) is 67.8 Å². The lowest BCUT2D eigenvalue weighted by Gasteiger charge is -2.19. The molecule has 0 saturated carbocycles. The zero-order valence-electron chi connectivity index (χ0n) is 14.6. The lowest BCUT2D eigenvalue weighted by molar-refractivity contribution is -0.392. The summed E-state index contributed by atoms with van der Waals surface area (Å²) in [5.41, 5.74) is -2.50. The first-order chi connectivity index (χ1) is 12.3. The Morgan fingerprint density at radius 2 is 1.30 bits per heavy atom. The number of nitrogens with zero attached hydrogens (tertiary/aromatic N) is 2. The van der Waals surface area contributed by atoms with Crippen LogP contribution in [-0.2, 0) is 11.6 Å². The fraction of sp³-hybridized carbons (Fsp3) is 0.294. The van der Waals surface area contributed by atoms with E-state index in [-0.39, 0.29) is 5.69 Å². The van der Waals surface area contributed by atoms with Gasteiger partial charge in [-0.1, -0.05) is 20.8 Å². The molecule has 10 heteroatoms. The van der Waals surface area contributed by atoms with Crippen LogP contribution in [0.3, 0.4) is 0 Å². The summed E-state index contributed by atoms with van der Waals surface area (Å²) in [6.07, 6.45) is -4.54. The number of halogens is 3. The van der Waals surface area contributed by atoms with E-state index >= 15 is 0 Å². The Morgan fingerprint density at radius 1 is 0.852 bits per heavy atom. The first kappa shape index (κ1) is 20.1. The van der Waals surface area contributed by atoms with Crippen molar-refractivity contribution in [3.63, 3.8) is 0 Å². The monoisotopic (exact) mass is 383 g/mol. The normalized spacial score (nSPS) is 11.9. The Kier molecular flexibility index (Phi) is 5.12. The fourth-order valence-electron chi connectivity index (χ4n) is 2.35. The van der Waals surface area contributed by atoms with E-state index in [1.807, 2.05) is 0 Å². The largest absolute Gasteiger partial charge is 0.416 e. The SMILES string of the molecule is CC(C)(C)c1cc([N+](=O)[O-])c(Nc2ccc(C(F)(F)F)cc2)c([N+](=O)[O-])c1. The summed E-state index contributed by atoms with van der Waals surface area (Å²) < 4.78 is 37.9. The number of anilines is 2. The third kappa shape index (κ3) is 4.52. The van der Waals surface area contributed by atoms with Crippen LogP contribution in [-0.4, -0.2) is 9.85 Å². The number of hydrogen-bond donors (Lipinski definition) is 1. The second kappa shape index (κ2) is 6.86. The summed E-state index contributed by atoms with van der Waals surface area (Å²) >= 11 is 0. The molecule has 0 bridgehead atoms. The van der Waals surface area contributed by atoms with E-state index in [2.05, 4.69) is 5.32 Å². The molecule has 0 aliphatic carbocycles. The summed E-state index contributed by atoms with van der Waals surface area (Å²) in [5, 5.41) is 25.4. The van der Waals surface area contributed by atoms with Crippen molar-refractivity contribution in [1.82, 2.24) is 0 Å². The first-order valence-corrected chi connectivity index (χ1v) is 7.72. The summed E-state index contributed by atoms with van der Waals surface area (Å²) in [5.74, 6) is 0. The average Bonchev–Trinajstić information content (AvgIpc) is 2.53. The minimum atomic E-state index is -4.54. The topological polar surface area (TPSA) is 98.3 Å². The molecule has 0 aromatic heterocycles. The van der Waals surface area contributed by atoms with E-state index in [0.29, 0.717) is 5.56 Å². The van der Waals surface area contributed by atoms with E-state index in [0.717, 1.165) is 24.3 Å². The van der Waals surface area contributed by atoms with Crippen molar-refractivity contribution in [1.29, 1.82) is 0 Å². The smallest absolute Gasteiger partial charge is 0.344 e. The Balaban J connectivity index is 2.58. The maximum absolute atomic E-state index is 12.6. The van der Waals surface area contributed by atoms with Crippen LogP contribution in [0.2, 0.25) is 0 Å². The van der Waals surface area contributed by atoms with Crippen molar-refractivity contribution in [2.75, 3.05) is 5.32 Å². The van der Waals surface area contributed by atoms with Gasteiger partial charge in [-0.25, -0.2) is 0 Å². The first-order valence-electron chi connectivity index (χ1n) is 7.72. The van der Waals surface area contributed by atoms with Gasteiger partial charge in [-0.3, -0.25) is 20.2 Å². The predicted molar refractivity (Wildman–Crippen MR) is 93.2 cm³/mol. The minimum Gasteiger partial charge on any atom is -0.344 e. The second-order valence-corrected chi connectivity index (χ2v) is 6.85. The number of nitro benzene ring substituents is 2. The summed E-state index contributed by atoms with van der Waals surface area (Å²) in [7, 11) is 0. The maximum atomic E-state index is 12.6. The van der Waals surface area contributed by atoms with E-state index < -0.39 is 44.1 Å². The predicted octanol–water partition coefficient (Wildman–Crippen LogP) is 5.56. The Labute approximate surface area is 152 Å². The Morgan fingerprint density at radius 3 is 1.63 bits per heavy atom. The van der Waals surface area contributed by atoms with Gasteiger partial charge >= 0.3 is 6.18 Å². The van der Waals surface area contributed by atoms with E-state index in [9.17, 15) is 33.4 Å². The molecule has 7 nitrogen and oxygen atoms in total. The van der Waals surface area contributed by atoms with Gasteiger partial charge in [-0.2, -0.15) is 13.2 Å². The average molecular weight is 383 g/mol. The quantitative estimate of drug-likeness (QED) is 0.550. The molecular weight excluding hydrogens is 367 g/mol. The number of nitro groups is 2. The summed E-state index contributed by atoms with van der Waals surface area (Å²) in [4.78, 5) is 21.4. The van der Waals surface area contributed by atoms with Gasteiger partial charge in [0.05, 0.1) is 15.4 Å². The Hall–Kier alpha value is -3.17. The van der Waals surface area contributed by atoms with Crippen LogP contribution < -0.4 is 5.32 Å². The van der Waals surface area contributed by atoms with Gasteiger partial charge in [-0.05, 0) is 35.2 Å². The highest BCUT2D eigenvalue weighted by atomic mass is 19.4. The molecule has 0 aliphatic rings. The molecule has 0 radical (unpaired) electrons. The molecule has 0 unspecified atom stereocenters. The molecule has 27 heavy (non-hydrogen) atoms. The molecule has 0 atom stereocenters. The third-order valence-corrected chi connectivity index (χ3v) is 3.84. The second-order valence-electron chi connectivity index (χ2n) is 6.85. The van der Waals surface area contributed by atoms with Gasteiger partial charge in [0.1, 0.15) is 0 Å². The molecule has 0 aliphatic heterocycles. The van der Waals surface area contributed by atoms with Crippen LogP contribution in [0.15, 0.2) is 36.4 Å². The van der Waals surface area contributed by atoms with Crippen molar-refractivity contribution in [2.45, 2.75) is 32.4 Å². The van der Waals surface area contributed by atoms with Gasteiger partial charge in [0.25, 0.3) is 11.4 Å². The standard InChI is InChI=1S/C17H16F3N3O4/c1-16(2,3)11-8-13(22(24)25)15(14(9-11)23(26)27)21-12-6-4-10(5-7-12)17(18,19)20/h4-9,21H,1-3H3. The molecule has 0 amide bonds. The van der Waals surface area contributed by atoms with E-state index in [4.69, 9.17) is 0 Å². The third-order valence-electron chi connectivity index (χ3n) is 3.84. The molecule has 0 saturated heterocycles. The molecule has 0 fully saturated rings. The Bertz CT molecular complexity index is 853. The maximum Gasteiger partial charge on any atom is 0.416 e. The van der Waals surface area contributed by atoms with Crippen LogP contribution in [0.25, 0.3) is 0 Å². The van der Waals surface area contributed by atoms with Crippen molar-refractivity contribution in [3.8, 4) is 0 Å². The highest BCUT2D eigenvalue weighted by Gasteiger charge is 2.32. The van der Waals surface area contributed by atoms with Crippen LogP contribution >= 0.6 is 0 Å². The molecule has 2 rings (SSSR count). The fourth-order valence-corrected chi connectivity index (χ4v) is 2.35. The van der Waals surface area contributed by atoms with Crippen molar-refractivity contribution in [2.24, 2.45) is 0 Å². The molecule has 1 N–H and O–H groups in total. The van der Waals surface area contributed by atoms with Crippen molar-refractivity contribution >= 4 is 22.7 Å². The van der Waals surface area contributed by atoms with Gasteiger partial charge < -0.3 is 5.32 Å². The molecule has 0 spiro atoms. The van der Waals surface area contributed by atoms with Crippen molar-refractivity contribution < 1.29 is 23.0 Å². The van der Waals surface area contributed by atoms with Crippen LogP contribution in [0.4, 0.5) is 35.9 Å². The van der Waals surface area contributed by atoms with E-state index in [1.165, 1.54) is 12.1 Å². The van der Waals surface area contributed by atoms with E-state index in [1.54, 1.807) is 20.8 Å². The number of benzene rings is 2. The molecule has 0 heterocycles. The van der Waals surface area contributed by atoms with Gasteiger partial charge in [0.2, 0.25) is 0 Å². The molecule has 2 aromatic carbocycles.